The molecule has 0 aromatic carbocycles. The summed E-state index contributed by atoms with van der Waals surface area (Å²) in [4.78, 5) is 10.5. The second-order valence-electron chi connectivity index (χ2n) is 7.76. The number of aliphatic carboxylic acids is 1. The third-order valence-corrected chi connectivity index (χ3v) is 5.85. The van der Waals surface area contributed by atoms with Gasteiger partial charge in [-0.25, -0.2) is 4.79 Å². The number of fused-ring (bicyclic) bond motifs is 2. The highest BCUT2D eigenvalue weighted by molar-refractivity contribution is 5.79. The van der Waals surface area contributed by atoms with Gasteiger partial charge in [-0.05, 0) is 51.0 Å². The summed E-state index contributed by atoms with van der Waals surface area (Å²) in [5.41, 5.74) is 0. The predicted octanol–water partition coefficient (Wildman–Crippen LogP) is 4.54. The van der Waals surface area contributed by atoms with Crippen molar-refractivity contribution < 1.29 is 14.6 Å². The van der Waals surface area contributed by atoms with Gasteiger partial charge in [0.2, 0.25) is 0 Å². The van der Waals surface area contributed by atoms with Crippen LogP contribution in [0.5, 0.6) is 0 Å². The standard InChI is InChI=1S/C21H37NO3/c1-2-3-4-7-10-15-22-16-18-17(19-13-14-20(18)25-19)11-8-5-6-9-12-21(23)24/h9,12,17-20,22H,2-8,10-11,13-16H2,1H3,(H,23,24)/b12-9+. The Balaban J connectivity index is 1.60. The van der Waals surface area contributed by atoms with Crippen molar-refractivity contribution in [3.05, 3.63) is 12.2 Å². The summed E-state index contributed by atoms with van der Waals surface area (Å²) in [7, 11) is 0. The Morgan fingerprint density at radius 2 is 1.84 bits per heavy atom. The van der Waals surface area contributed by atoms with E-state index < -0.39 is 5.97 Å². The third kappa shape index (κ3) is 7.10. The summed E-state index contributed by atoms with van der Waals surface area (Å²) in [6.07, 6.45) is 17.5. The first-order valence-corrected chi connectivity index (χ1v) is 10.5. The van der Waals surface area contributed by atoms with E-state index in [2.05, 4.69) is 12.2 Å². The van der Waals surface area contributed by atoms with Crippen molar-refractivity contribution in [2.24, 2.45) is 11.8 Å². The van der Waals surface area contributed by atoms with Crippen LogP contribution in [0.4, 0.5) is 0 Å². The number of allylic oxidation sites excluding steroid dienone is 1. The minimum Gasteiger partial charge on any atom is -0.478 e. The molecule has 2 aliphatic rings. The zero-order valence-corrected chi connectivity index (χ0v) is 15.9. The summed E-state index contributed by atoms with van der Waals surface area (Å²) in [5.74, 6) is 0.543. The van der Waals surface area contributed by atoms with Crippen LogP contribution >= 0.6 is 0 Å². The largest absolute Gasteiger partial charge is 0.478 e. The van der Waals surface area contributed by atoms with Crippen LogP contribution < -0.4 is 5.32 Å². The number of ether oxygens (including phenoxy) is 1. The van der Waals surface area contributed by atoms with Gasteiger partial charge in [-0.15, -0.1) is 0 Å². The lowest BCUT2D eigenvalue weighted by Crippen LogP contribution is -2.36. The normalized spacial score (nSPS) is 28.2. The highest BCUT2D eigenvalue weighted by Gasteiger charge is 2.47. The van der Waals surface area contributed by atoms with Gasteiger partial charge >= 0.3 is 5.97 Å². The number of carbonyl (C=O) groups is 1. The fourth-order valence-electron chi connectivity index (χ4n) is 4.50. The molecule has 4 atom stereocenters. The molecule has 2 saturated heterocycles. The Kier molecular flexibility index (Phi) is 9.56. The van der Waals surface area contributed by atoms with Crippen molar-refractivity contribution in [2.75, 3.05) is 13.1 Å². The molecule has 144 valence electrons. The minimum absolute atomic E-state index is 0.481. The van der Waals surface area contributed by atoms with Gasteiger partial charge in [0.25, 0.3) is 0 Å². The fourth-order valence-corrected chi connectivity index (χ4v) is 4.50. The van der Waals surface area contributed by atoms with E-state index in [9.17, 15) is 4.79 Å². The van der Waals surface area contributed by atoms with Crippen LogP contribution in [0.2, 0.25) is 0 Å². The fraction of sp³-hybridized carbons (Fsp3) is 0.857. The Morgan fingerprint density at radius 3 is 2.60 bits per heavy atom. The van der Waals surface area contributed by atoms with E-state index in [1.807, 2.05) is 0 Å². The first-order valence-electron chi connectivity index (χ1n) is 10.5. The van der Waals surface area contributed by atoms with Crippen LogP contribution in [0.15, 0.2) is 12.2 Å². The van der Waals surface area contributed by atoms with E-state index >= 15 is 0 Å². The van der Waals surface area contributed by atoms with Crippen molar-refractivity contribution in [1.29, 1.82) is 0 Å². The molecule has 2 rings (SSSR count). The summed E-state index contributed by atoms with van der Waals surface area (Å²) < 4.78 is 6.19. The molecule has 4 heteroatoms. The van der Waals surface area contributed by atoms with Crippen LogP contribution in [-0.2, 0) is 9.53 Å². The lowest BCUT2D eigenvalue weighted by molar-refractivity contribution is -0.131. The number of carboxylic acids is 1. The van der Waals surface area contributed by atoms with Crippen molar-refractivity contribution in [2.45, 2.75) is 89.8 Å². The van der Waals surface area contributed by atoms with Gasteiger partial charge in [-0.3, -0.25) is 0 Å². The zero-order valence-electron chi connectivity index (χ0n) is 15.9. The van der Waals surface area contributed by atoms with Gasteiger partial charge in [-0.1, -0.05) is 45.1 Å². The van der Waals surface area contributed by atoms with Gasteiger partial charge < -0.3 is 15.2 Å². The molecule has 4 unspecified atom stereocenters. The van der Waals surface area contributed by atoms with Gasteiger partial charge in [0.05, 0.1) is 12.2 Å². The van der Waals surface area contributed by atoms with Gasteiger partial charge in [0.1, 0.15) is 0 Å². The maximum absolute atomic E-state index is 10.5. The van der Waals surface area contributed by atoms with Crippen molar-refractivity contribution in [1.82, 2.24) is 5.32 Å². The van der Waals surface area contributed by atoms with Gasteiger partial charge in [-0.2, -0.15) is 0 Å². The lowest BCUT2D eigenvalue weighted by Gasteiger charge is -2.28. The smallest absolute Gasteiger partial charge is 0.327 e. The van der Waals surface area contributed by atoms with Crippen LogP contribution in [0, 0.1) is 11.8 Å². The van der Waals surface area contributed by atoms with Gasteiger partial charge in [0, 0.05) is 18.5 Å². The van der Waals surface area contributed by atoms with E-state index in [0.29, 0.717) is 24.0 Å². The molecular formula is C21H37NO3. The Bertz CT molecular complexity index is 410. The van der Waals surface area contributed by atoms with E-state index in [0.717, 1.165) is 25.9 Å². The second kappa shape index (κ2) is 11.7. The van der Waals surface area contributed by atoms with Crippen molar-refractivity contribution in [3.63, 3.8) is 0 Å². The van der Waals surface area contributed by atoms with Crippen LogP contribution in [0.25, 0.3) is 0 Å². The molecule has 0 saturated carbocycles. The van der Waals surface area contributed by atoms with Crippen LogP contribution in [0.3, 0.4) is 0 Å². The molecule has 4 nitrogen and oxygen atoms in total. The Morgan fingerprint density at radius 1 is 1.08 bits per heavy atom. The number of nitrogens with one attached hydrogen (secondary N) is 1. The van der Waals surface area contributed by atoms with E-state index in [1.165, 1.54) is 63.9 Å². The number of rotatable bonds is 14. The molecular weight excluding hydrogens is 314 g/mol. The predicted molar refractivity (Wildman–Crippen MR) is 102 cm³/mol. The molecule has 2 fully saturated rings. The maximum atomic E-state index is 10.5. The van der Waals surface area contributed by atoms with Crippen molar-refractivity contribution >= 4 is 5.97 Å². The minimum atomic E-state index is -0.845. The molecule has 0 aromatic heterocycles. The number of hydrogen-bond acceptors (Lipinski definition) is 3. The monoisotopic (exact) mass is 351 g/mol. The van der Waals surface area contributed by atoms with Crippen molar-refractivity contribution in [3.8, 4) is 0 Å². The van der Waals surface area contributed by atoms with Crippen LogP contribution in [0.1, 0.15) is 77.6 Å². The molecule has 2 heterocycles. The SMILES string of the molecule is CCCCCCCNCC1C2CCC(O2)C1CCCC/C=C/C(=O)O. The molecule has 25 heavy (non-hydrogen) atoms. The molecule has 0 spiro atoms. The summed E-state index contributed by atoms with van der Waals surface area (Å²) in [6, 6.07) is 0. The average molecular weight is 352 g/mol. The molecule has 2 N–H and O–H groups in total. The van der Waals surface area contributed by atoms with Gasteiger partial charge in [0.15, 0.2) is 0 Å². The third-order valence-electron chi connectivity index (χ3n) is 5.85. The molecule has 0 aromatic rings. The molecule has 0 radical (unpaired) electrons. The maximum Gasteiger partial charge on any atom is 0.327 e. The van der Waals surface area contributed by atoms with Crippen LogP contribution in [-0.4, -0.2) is 36.4 Å². The topological polar surface area (TPSA) is 58.6 Å². The average Bonchev–Trinajstić information content (AvgIpc) is 3.19. The Hall–Kier alpha value is -0.870. The quantitative estimate of drug-likeness (QED) is 0.356. The van der Waals surface area contributed by atoms with E-state index in [4.69, 9.17) is 9.84 Å². The molecule has 2 bridgehead atoms. The number of unbranched alkanes of at least 4 members (excludes halogenated alkanes) is 6. The first-order chi connectivity index (χ1) is 12.2. The molecule has 0 aliphatic carbocycles. The summed E-state index contributed by atoms with van der Waals surface area (Å²) in [6.45, 7) is 4.51. The molecule has 2 aliphatic heterocycles. The highest BCUT2D eigenvalue weighted by atomic mass is 16.5. The summed E-state index contributed by atoms with van der Waals surface area (Å²) >= 11 is 0. The molecule has 0 amide bonds. The number of hydrogen-bond donors (Lipinski definition) is 2. The zero-order chi connectivity index (χ0) is 17.9. The highest BCUT2D eigenvalue weighted by Crippen LogP contribution is 2.45. The number of carboxylic acid groups (broad SMARTS) is 1. The lowest BCUT2D eigenvalue weighted by atomic mass is 9.76. The van der Waals surface area contributed by atoms with E-state index in [-0.39, 0.29) is 0 Å². The van der Waals surface area contributed by atoms with E-state index in [1.54, 1.807) is 6.08 Å². The summed E-state index contributed by atoms with van der Waals surface area (Å²) in [5, 5.41) is 12.3. The second-order valence-corrected chi connectivity index (χ2v) is 7.76. The first kappa shape index (κ1) is 20.4. The Labute approximate surface area is 153 Å².